The molecule has 3 nitrogen and oxygen atoms in total. The van der Waals surface area contributed by atoms with E-state index in [2.05, 4.69) is 47.0 Å². The van der Waals surface area contributed by atoms with Crippen LogP contribution in [0.1, 0.15) is 22.7 Å². The zero-order chi connectivity index (χ0) is 15.6. The Morgan fingerprint density at radius 2 is 1.88 bits per heavy atom. The second-order valence-electron chi connectivity index (χ2n) is 6.12. The summed E-state index contributed by atoms with van der Waals surface area (Å²) in [5.74, 6) is 0.149. The molecule has 2 aliphatic heterocycles. The van der Waals surface area contributed by atoms with E-state index in [1.165, 1.54) is 21.6 Å². The Bertz CT molecular complexity index is 712. The van der Waals surface area contributed by atoms with Crippen LogP contribution in [0.15, 0.2) is 53.4 Å². The smallest absolute Gasteiger partial charge is 0.233 e. The van der Waals surface area contributed by atoms with Gasteiger partial charge in [-0.05, 0) is 42.1 Å². The standard InChI is InChI=1S/C19H20N2OS.ClH/c22-19(18-11-14-6-2-4-8-17(14)23-18)21-12-16-15-7-3-1-5-13(15)9-10-20-16;/h1-8,16,18,20H,9-12H2,(H,21,22);1H. The molecule has 2 aliphatic rings. The van der Waals surface area contributed by atoms with Crippen LogP contribution in [0, 0.1) is 0 Å². The molecule has 2 N–H and O–H groups in total. The molecule has 0 radical (unpaired) electrons. The van der Waals surface area contributed by atoms with Crippen LogP contribution in [-0.4, -0.2) is 24.2 Å². The van der Waals surface area contributed by atoms with E-state index >= 15 is 0 Å². The topological polar surface area (TPSA) is 41.1 Å². The molecule has 24 heavy (non-hydrogen) atoms. The van der Waals surface area contributed by atoms with Crippen molar-refractivity contribution in [3.8, 4) is 0 Å². The molecule has 0 spiro atoms. The van der Waals surface area contributed by atoms with Gasteiger partial charge in [0.15, 0.2) is 0 Å². The number of amides is 1. The lowest BCUT2D eigenvalue weighted by molar-refractivity contribution is -0.120. The summed E-state index contributed by atoms with van der Waals surface area (Å²) in [6.45, 7) is 1.63. The second-order valence-corrected chi connectivity index (χ2v) is 7.36. The van der Waals surface area contributed by atoms with E-state index in [4.69, 9.17) is 0 Å². The van der Waals surface area contributed by atoms with Gasteiger partial charge < -0.3 is 10.6 Å². The maximum Gasteiger partial charge on any atom is 0.233 e. The van der Waals surface area contributed by atoms with Crippen molar-refractivity contribution in [2.75, 3.05) is 13.1 Å². The van der Waals surface area contributed by atoms with Crippen molar-refractivity contribution < 1.29 is 4.79 Å². The minimum atomic E-state index is 0. The van der Waals surface area contributed by atoms with Crippen molar-refractivity contribution in [1.29, 1.82) is 0 Å². The summed E-state index contributed by atoms with van der Waals surface area (Å²) >= 11 is 1.68. The highest BCUT2D eigenvalue weighted by Crippen LogP contribution is 2.36. The van der Waals surface area contributed by atoms with Gasteiger partial charge in [0.1, 0.15) is 0 Å². The third-order valence-corrected chi connectivity index (χ3v) is 5.95. The minimum absolute atomic E-state index is 0. The monoisotopic (exact) mass is 360 g/mol. The highest BCUT2D eigenvalue weighted by molar-refractivity contribution is 8.01. The number of carbonyl (C=O) groups is 1. The van der Waals surface area contributed by atoms with Crippen LogP contribution < -0.4 is 10.6 Å². The fraction of sp³-hybridized carbons (Fsp3) is 0.316. The van der Waals surface area contributed by atoms with E-state index in [1.54, 1.807) is 11.8 Å². The van der Waals surface area contributed by atoms with Gasteiger partial charge in [-0.1, -0.05) is 42.5 Å². The molecule has 0 saturated heterocycles. The predicted molar refractivity (Wildman–Crippen MR) is 101 cm³/mol. The van der Waals surface area contributed by atoms with Crippen LogP contribution >= 0.6 is 24.2 Å². The molecule has 2 unspecified atom stereocenters. The minimum Gasteiger partial charge on any atom is -0.353 e. The third kappa shape index (κ3) is 3.46. The van der Waals surface area contributed by atoms with E-state index < -0.39 is 0 Å². The van der Waals surface area contributed by atoms with Crippen LogP contribution in [0.5, 0.6) is 0 Å². The third-order valence-electron chi connectivity index (χ3n) is 4.64. The summed E-state index contributed by atoms with van der Waals surface area (Å²) in [5, 5.41) is 6.67. The summed E-state index contributed by atoms with van der Waals surface area (Å²) in [7, 11) is 0. The molecule has 0 saturated carbocycles. The van der Waals surface area contributed by atoms with E-state index in [0.717, 1.165) is 19.4 Å². The molecule has 0 aromatic heterocycles. The molecule has 0 aliphatic carbocycles. The van der Waals surface area contributed by atoms with Gasteiger partial charge in [0.25, 0.3) is 0 Å². The average molecular weight is 361 g/mol. The summed E-state index contributed by atoms with van der Waals surface area (Å²) in [6, 6.07) is 17.0. The molecule has 0 bridgehead atoms. The van der Waals surface area contributed by atoms with E-state index in [0.29, 0.717) is 6.54 Å². The molecule has 1 amide bonds. The Morgan fingerprint density at radius 1 is 1.12 bits per heavy atom. The van der Waals surface area contributed by atoms with Crippen LogP contribution in [0.25, 0.3) is 0 Å². The quantitative estimate of drug-likeness (QED) is 0.883. The summed E-state index contributed by atoms with van der Waals surface area (Å²) in [5.41, 5.74) is 4.01. The van der Waals surface area contributed by atoms with Gasteiger partial charge in [-0.25, -0.2) is 0 Å². The first-order valence-corrected chi connectivity index (χ1v) is 9.03. The lowest BCUT2D eigenvalue weighted by atomic mass is 9.94. The highest BCUT2D eigenvalue weighted by Gasteiger charge is 2.28. The number of hydrogen-bond donors (Lipinski definition) is 2. The maximum atomic E-state index is 12.5. The second kappa shape index (κ2) is 7.60. The molecule has 126 valence electrons. The van der Waals surface area contributed by atoms with Crippen LogP contribution in [0.2, 0.25) is 0 Å². The first-order valence-electron chi connectivity index (χ1n) is 8.15. The molecule has 2 aromatic rings. The van der Waals surface area contributed by atoms with E-state index in [9.17, 15) is 4.79 Å². The van der Waals surface area contributed by atoms with Crippen molar-refractivity contribution in [3.63, 3.8) is 0 Å². The van der Waals surface area contributed by atoms with Gasteiger partial charge >= 0.3 is 0 Å². The average Bonchev–Trinajstić information content (AvgIpc) is 3.04. The van der Waals surface area contributed by atoms with E-state index in [-0.39, 0.29) is 29.6 Å². The van der Waals surface area contributed by atoms with Crippen molar-refractivity contribution in [2.24, 2.45) is 0 Å². The molecule has 4 rings (SSSR count). The lowest BCUT2D eigenvalue weighted by Gasteiger charge is -2.27. The molecule has 0 fully saturated rings. The number of nitrogens with one attached hydrogen (secondary N) is 2. The van der Waals surface area contributed by atoms with Gasteiger partial charge in [-0.2, -0.15) is 0 Å². The molecule has 2 heterocycles. The number of benzene rings is 2. The van der Waals surface area contributed by atoms with Gasteiger partial charge in [-0.3, -0.25) is 4.79 Å². The largest absolute Gasteiger partial charge is 0.353 e. The van der Waals surface area contributed by atoms with E-state index in [1.807, 2.05) is 12.1 Å². The van der Waals surface area contributed by atoms with Gasteiger partial charge in [0.05, 0.1) is 5.25 Å². The zero-order valence-electron chi connectivity index (χ0n) is 13.3. The van der Waals surface area contributed by atoms with Crippen LogP contribution in [0.4, 0.5) is 0 Å². The summed E-state index contributed by atoms with van der Waals surface area (Å²) in [6.07, 6.45) is 1.90. The van der Waals surface area contributed by atoms with Gasteiger partial charge in [-0.15, -0.1) is 24.2 Å². The SMILES string of the molecule is Cl.O=C(NCC1NCCc2ccccc21)C1Cc2ccccc2S1. The van der Waals surface area contributed by atoms with Crippen molar-refractivity contribution in [2.45, 2.75) is 29.0 Å². The molecule has 5 heteroatoms. The molecular formula is C19H21ClN2OS. The van der Waals surface area contributed by atoms with Crippen LogP contribution in [0.3, 0.4) is 0 Å². The Kier molecular flexibility index (Phi) is 5.49. The Balaban J connectivity index is 0.00000169. The van der Waals surface area contributed by atoms with Crippen molar-refractivity contribution in [3.05, 3.63) is 65.2 Å². The first kappa shape index (κ1) is 17.3. The van der Waals surface area contributed by atoms with Crippen LogP contribution in [-0.2, 0) is 17.6 Å². The lowest BCUT2D eigenvalue weighted by Crippen LogP contribution is -2.41. The molecular weight excluding hydrogens is 340 g/mol. The first-order chi connectivity index (χ1) is 11.3. The number of rotatable bonds is 3. The van der Waals surface area contributed by atoms with Crippen molar-refractivity contribution in [1.82, 2.24) is 10.6 Å². The number of hydrogen-bond acceptors (Lipinski definition) is 3. The Morgan fingerprint density at radius 3 is 2.71 bits per heavy atom. The number of halogens is 1. The van der Waals surface area contributed by atoms with Crippen molar-refractivity contribution >= 4 is 30.1 Å². The Labute approximate surface area is 153 Å². The number of fused-ring (bicyclic) bond motifs is 2. The molecule has 2 aromatic carbocycles. The number of carbonyl (C=O) groups excluding carboxylic acids is 1. The normalized spacial score (nSPS) is 21.3. The summed E-state index contributed by atoms with van der Waals surface area (Å²) < 4.78 is 0. The summed E-state index contributed by atoms with van der Waals surface area (Å²) in [4.78, 5) is 13.8. The molecule has 2 atom stereocenters. The number of thioether (sulfide) groups is 1. The Hall–Kier alpha value is -1.49. The predicted octanol–water partition coefficient (Wildman–Crippen LogP) is 3.13. The van der Waals surface area contributed by atoms with Gasteiger partial charge in [0, 0.05) is 17.5 Å². The highest BCUT2D eigenvalue weighted by atomic mass is 35.5. The maximum absolute atomic E-state index is 12.5. The fourth-order valence-corrected chi connectivity index (χ4v) is 4.64. The fourth-order valence-electron chi connectivity index (χ4n) is 3.42. The van der Waals surface area contributed by atoms with Gasteiger partial charge in [0.2, 0.25) is 5.91 Å². The zero-order valence-corrected chi connectivity index (χ0v) is 15.0.